The molecule has 0 aliphatic carbocycles. The van der Waals surface area contributed by atoms with Crippen LogP contribution in [0.2, 0.25) is 0 Å². The molecule has 1 aromatic heterocycles. The Kier molecular flexibility index (Phi) is 10.1. The Labute approximate surface area is 178 Å². The molecular formula is C19H30IN5S. The minimum atomic E-state index is 0. The van der Waals surface area contributed by atoms with E-state index in [2.05, 4.69) is 83.1 Å². The molecule has 0 bridgehead atoms. The molecule has 0 radical (unpaired) electrons. The van der Waals surface area contributed by atoms with Gasteiger partial charge < -0.3 is 15.5 Å². The SMILES string of the molecule is CN=C(NCc1nc(C(C)C)cs1)NCc1ccccc1CN(C)C.I. The first-order valence-corrected chi connectivity index (χ1v) is 9.48. The van der Waals surface area contributed by atoms with Crippen molar-refractivity contribution in [2.75, 3.05) is 21.1 Å². The number of aliphatic imine (C=N–C) groups is 1. The summed E-state index contributed by atoms with van der Waals surface area (Å²) in [7, 11) is 5.97. The Hall–Kier alpha value is -1.19. The molecule has 0 spiro atoms. The van der Waals surface area contributed by atoms with Crippen LogP contribution in [-0.4, -0.2) is 37.0 Å². The molecular weight excluding hydrogens is 457 g/mol. The molecule has 0 unspecified atom stereocenters. The first kappa shape index (κ1) is 22.9. The molecule has 0 saturated heterocycles. The van der Waals surface area contributed by atoms with Crippen molar-refractivity contribution in [3.05, 3.63) is 51.5 Å². The number of hydrogen-bond donors (Lipinski definition) is 2. The summed E-state index contributed by atoms with van der Waals surface area (Å²) in [5.74, 6) is 1.26. The lowest BCUT2D eigenvalue weighted by Crippen LogP contribution is -2.36. The highest BCUT2D eigenvalue weighted by Crippen LogP contribution is 2.17. The molecule has 0 aliphatic rings. The summed E-state index contributed by atoms with van der Waals surface area (Å²) < 4.78 is 0. The van der Waals surface area contributed by atoms with Crippen LogP contribution in [0, 0.1) is 0 Å². The van der Waals surface area contributed by atoms with Gasteiger partial charge in [0.25, 0.3) is 0 Å². The number of nitrogens with one attached hydrogen (secondary N) is 2. The zero-order chi connectivity index (χ0) is 18.2. The highest BCUT2D eigenvalue weighted by atomic mass is 127. The number of nitrogens with zero attached hydrogens (tertiary/aromatic N) is 3. The summed E-state index contributed by atoms with van der Waals surface area (Å²) in [6, 6.07) is 8.50. The molecule has 7 heteroatoms. The fourth-order valence-corrected chi connectivity index (χ4v) is 3.35. The van der Waals surface area contributed by atoms with Crippen molar-refractivity contribution in [2.24, 2.45) is 4.99 Å². The maximum atomic E-state index is 4.65. The lowest BCUT2D eigenvalue weighted by molar-refractivity contribution is 0.400. The fraction of sp³-hybridized carbons (Fsp3) is 0.474. The maximum Gasteiger partial charge on any atom is 0.191 e. The lowest BCUT2D eigenvalue weighted by Gasteiger charge is -2.16. The van der Waals surface area contributed by atoms with Crippen molar-refractivity contribution in [1.29, 1.82) is 0 Å². The van der Waals surface area contributed by atoms with E-state index in [1.54, 1.807) is 18.4 Å². The van der Waals surface area contributed by atoms with Gasteiger partial charge in [-0.1, -0.05) is 38.1 Å². The number of halogens is 1. The summed E-state index contributed by atoms with van der Waals surface area (Å²) >= 11 is 1.69. The molecule has 0 atom stereocenters. The monoisotopic (exact) mass is 487 g/mol. The Balaban J connectivity index is 0.00000338. The van der Waals surface area contributed by atoms with Crippen LogP contribution in [0.1, 0.15) is 41.6 Å². The minimum Gasteiger partial charge on any atom is -0.352 e. The number of benzene rings is 1. The van der Waals surface area contributed by atoms with Crippen LogP contribution >= 0.6 is 35.3 Å². The van der Waals surface area contributed by atoms with Crippen molar-refractivity contribution in [2.45, 2.75) is 39.4 Å². The summed E-state index contributed by atoms with van der Waals surface area (Å²) in [4.78, 5) is 11.1. The molecule has 0 aliphatic heterocycles. The quantitative estimate of drug-likeness (QED) is 0.355. The van der Waals surface area contributed by atoms with E-state index < -0.39 is 0 Å². The van der Waals surface area contributed by atoms with Gasteiger partial charge in [-0.25, -0.2) is 4.98 Å². The average Bonchev–Trinajstić information content (AvgIpc) is 3.05. The van der Waals surface area contributed by atoms with Crippen molar-refractivity contribution >= 4 is 41.3 Å². The Morgan fingerprint density at radius 1 is 1.15 bits per heavy atom. The van der Waals surface area contributed by atoms with Crippen molar-refractivity contribution in [1.82, 2.24) is 20.5 Å². The number of guanidine groups is 1. The zero-order valence-corrected chi connectivity index (χ0v) is 19.4. The van der Waals surface area contributed by atoms with Crippen LogP contribution < -0.4 is 10.6 Å². The minimum absolute atomic E-state index is 0. The first-order chi connectivity index (χ1) is 12.0. The van der Waals surface area contributed by atoms with Gasteiger partial charge >= 0.3 is 0 Å². The highest BCUT2D eigenvalue weighted by molar-refractivity contribution is 14.0. The third kappa shape index (κ3) is 7.20. The van der Waals surface area contributed by atoms with E-state index in [1.807, 2.05) is 0 Å². The molecule has 2 rings (SSSR count). The van der Waals surface area contributed by atoms with Crippen LogP contribution in [0.15, 0.2) is 34.6 Å². The molecule has 1 heterocycles. The molecule has 0 fully saturated rings. The maximum absolute atomic E-state index is 4.65. The van der Waals surface area contributed by atoms with E-state index in [0.29, 0.717) is 12.5 Å². The van der Waals surface area contributed by atoms with Crippen LogP contribution in [0.3, 0.4) is 0 Å². The summed E-state index contributed by atoms with van der Waals surface area (Å²) in [6.07, 6.45) is 0. The first-order valence-electron chi connectivity index (χ1n) is 8.60. The van der Waals surface area contributed by atoms with Gasteiger partial charge in [0.2, 0.25) is 0 Å². The lowest BCUT2D eigenvalue weighted by atomic mass is 10.1. The standard InChI is InChI=1S/C19H29N5S.HI/c1-14(2)17-13-25-18(23-17)11-22-19(20-3)21-10-15-8-6-7-9-16(15)12-24(4)5;/h6-9,13-14H,10-12H2,1-5H3,(H2,20,21,22);1H. The van der Waals surface area contributed by atoms with E-state index in [0.717, 1.165) is 29.8 Å². The molecule has 2 N–H and O–H groups in total. The smallest absolute Gasteiger partial charge is 0.191 e. The largest absolute Gasteiger partial charge is 0.352 e. The van der Waals surface area contributed by atoms with Gasteiger partial charge in [-0.2, -0.15) is 0 Å². The second kappa shape index (κ2) is 11.5. The van der Waals surface area contributed by atoms with Crippen LogP contribution in [0.5, 0.6) is 0 Å². The van der Waals surface area contributed by atoms with Crippen molar-refractivity contribution in [3.63, 3.8) is 0 Å². The fourth-order valence-electron chi connectivity index (χ4n) is 2.46. The van der Waals surface area contributed by atoms with E-state index in [9.17, 15) is 0 Å². The third-order valence-corrected chi connectivity index (χ3v) is 4.71. The average molecular weight is 487 g/mol. The Morgan fingerprint density at radius 2 is 1.81 bits per heavy atom. The summed E-state index contributed by atoms with van der Waals surface area (Å²) in [6.45, 7) is 6.70. The van der Waals surface area contributed by atoms with Crippen LogP contribution in [0.25, 0.3) is 0 Å². The second-order valence-electron chi connectivity index (χ2n) is 6.61. The zero-order valence-electron chi connectivity index (χ0n) is 16.2. The molecule has 2 aromatic rings. The summed E-state index contributed by atoms with van der Waals surface area (Å²) in [5.41, 5.74) is 3.77. The van der Waals surface area contributed by atoms with Crippen LogP contribution in [-0.2, 0) is 19.6 Å². The van der Waals surface area contributed by atoms with Crippen molar-refractivity contribution < 1.29 is 0 Å². The molecule has 1 aromatic carbocycles. The topological polar surface area (TPSA) is 52.6 Å². The Bertz CT molecular complexity index is 697. The number of rotatable bonds is 7. The molecule has 0 saturated carbocycles. The van der Waals surface area contributed by atoms with E-state index in [-0.39, 0.29) is 24.0 Å². The summed E-state index contributed by atoms with van der Waals surface area (Å²) in [5, 5.41) is 9.96. The van der Waals surface area contributed by atoms with Gasteiger partial charge in [-0.05, 0) is 31.1 Å². The van der Waals surface area contributed by atoms with Gasteiger partial charge in [-0.3, -0.25) is 4.99 Å². The second-order valence-corrected chi connectivity index (χ2v) is 7.55. The van der Waals surface area contributed by atoms with E-state index in [4.69, 9.17) is 0 Å². The normalized spacial score (nSPS) is 11.6. The number of thiazole rings is 1. The van der Waals surface area contributed by atoms with Gasteiger partial charge in [0, 0.05) is 25.5 Å². The number of hydrogen-bond acceptors (Lipinski definition) is 4. The Morgan fingerprint density at radius 3 is 2.38 bits per heavy atom. The molecule has 5 nitrogen and oxygen atoms in total. The molecule has 26 heavy (non-hydrogen) atoms. The molecule has 144 valence electrons. The van der Waals surface area contributed by atoms with Gasteiger partial charge in [0.05, 0.1) is 12.2 Å². The number of aromatic nitrogens is 1. The highest BCUT2D eigenvalue weighted by Gasteiger charge is 2.07. The molecule has 0 amide bonds. The predicted molar refractivity (Wildman–Crippen MR) is 122 cm³/mol. The van der Waals surface area contributed by atoms with Gasteiger partial charge in [-0.15, -0.1) is 35.3 Å². The van der Waals surface area contributed by atoms with Gasteiger partial charge in [0.1, 0.15) is 5.01 Å². The van der Waals surface area contributed by atoms with Crippen LogP contribution in [0.4, 0.5) is 0 Å². The van der Waals surface area contributed by atoms with Gasteiger partial charge in [0.15, 0.2) is 5.96 Å². The van der Waals surface area contributed by atoms with Crippen molar-refractivity contribution in [3.8, 4) is 0 Å². The van der Waals surface area contributed by atoms with E-state index >= 15 is 0 Å². The third-order valence-electron chi connectivity index (χ3n) is 3.84. The van der Waals surface area contributed by atoms with E-state index in [1.165, 1.54) is 11.1 Å². The predicted octanol–water partition coefficient (Wildman–Crippen LogP) is 3.81.